The standard InChI is InChI=1S/C11H14F7NO3/c12-9(13,10(14,15)11(16,17)18)7-22-8(20)1-2-19-3-5-21-6-4-19/h1-7H2. The summed E-state index contributed by atoms with van der Waals surface area (Å²) in [6.07, 6.45) is -6.83. The Labute approximate surface area is 121 Å². The Balaban J connectivity index is 2.41. The highest BCUT2D eigenvalue weighted by molar-refractivity contribution is 5.69. The lowest BCUT2D eigenvalue weighted by atomic mass is 10.2. The molecule has 0 aromatic heterocycles. The smallest absolute Gasteiger partial charge is 0.459 e. The summed E-state index contributed by atoms with van der Waals surface area (Å²) in [4.78, 5) is 12.9. The summed E-state index contributed by atoms with van der Waals surface area (Å²) in [6, 6.07) is 0. The lowest BCUT2D eigenvalue weighted by Crippen LogP contribution is -2.54. The summed E-state index contributed by atoms with van der Waals surface area (Å²) >= 11 is 0. The molecule has 1 aliphatic heterocycles. The van der Waals surface area contributed by atoms with Crippen LogP contribution in [-0.2, 0) is 14.3 Å². The Hall–Kier alpha value is -1.10. The molecule has 0 N–H and O–H groups in total. The fourth-order valence-corrected chi connectivity index (χ4v) is 1.62. The second kappa shape index (κ2) is 6.99. The van der Waals surface area contributed by atoms with Gasteiger partial charge in [-0.3, -0.25) is 9.69 Å². The molecule has 1 aliphatic rings. The molecular formula is C11H14F7NO3. The number of esters is 1. The van der Waals surface area contributed by atoms with Crippen molar-refractivity contribution < 1.29 is 45.0 Å². The summed E-state index contributed by atoms with van der Waals surface area (Å²) in [5.74, 6) is -13.1. The van der Waals surface area contributed by atoms with Crippen LogP contribution in [0.2, 0.25) is 0 Å². The molecule has 0 aliphatic carbocycles. The summed E-state index contributed by atoms with van der Waals surface area (Å²) in [5, 5.41) is 0. The molecule has 0 amide bonds. The van der Waals surface area contributed by atoms with Crippen LogP contribution >= 0.6 is 0 Å². The molecule has 0 spiro atoms. The van der Waals surface area contributed by atoms with E-state index in [9.17, 15) is 35.5 Å². The maximum atomic E-state index is 12.9. The SMILES string of the molecule is O=C(CCN1CCOCC1)OCC(F)(F)C(F)(F)C(F)(F)F. The van der Waals surface area contributed by atoms with Crippen LogP contribution in [0.3, 0.4) is 0 Å². The van der Waals surface area contributed by atoms with E-state index in [1.165, 1.54) is 0 Å². The van der Waals surface area contributed by atoms with Gasteiger partial charge in [-0.2, -0.15) is 30.7 Å². The third kappa shape index (κ3) is 4.70. The number of nitrogens with zero attached hydrogens (tertiary/aromatic N) is 1. The second-order valence-corrected chi connectivity index (χ2v) is 4.64. The fraction of sp³-hybridized carbons (Fsp3) is 0.909. The predicted octanol–water partition coefficient (Wildman–Crippen LogP) is 2.08. The van der Waals surface area contributed by atoms with Crippen LogP contribution in [0.15, 0.2) is 0 Å². The van der Waals surface area contributed by atoms with E-state index in [0.29, 0.717) is 26.3 Å². The van der Waals surface area contributed by atoms with E-state index < -0.39 is 37.0 Å². The summed E-state index contributed by atoms with van der Waals surface area (Å²) in [7, 11) is 0. The van der Waals surface area contributed by atoms with Crippen LogP contribution in [0.1, 0.15) is 6.42 Å². The fourth-order valence-electron chi connectivity index (χ4n) is 1.62. The highest BCUT2D eigenvalue weighted by atomic mass is 19.4. The molecule has 0 radical (unpaired) electrons. The first kappa shape index (κ1) is 18.9. The van der Waals surface area contributed by atoms with Gasteiger partial charge in [-0.25, -0.2) is 0 Å². The molecule has 130 valence electrons. The third-order valence-corrected chi connectivity index (χ3v) is 2.97. The number of hydrogen-bond donors (Lipinski definition) is 0. The van der Waals surface area contributed by atoms with E-state index in [0.717, 1.165) is 0 Å². The number of ether oxygens (including phenoxy) is 2. The summed E-state index contributed by atoms with van der Waals surface area (Å²) < 4.78 is 95.3. The Bertz CT molecular complexity index is 380. The third-order valence-electron chi connectivity index (χ3n) is 2.97. The van der Waals surface area contributed by atoms with Crippen LogP contribution in [0, 0.1) is 0 Å². The zero-order valence-electron chi connectivity index (χ0n) is 11.3. The lowest BCUT2D eigenvalue weighted by molar-refractivity contribution is -0.359. The normalized spacial score (nSPS) is 18.3. The Morgan fingerprint density at radius 3 is 2.09 bits per heavy atom. The zero-order valence-corrected chi connectivity index (χ0v) is 11.3. The highest BCUT2D eigenvalue weighted by Crippen LogP contribution is 2.46. The van der Waals surface area contributed by atoms with Crippen molar-refractivity contribution in [2.75, 3.05) is 39.5 Å². The largest absolute Gasteiger partial charge is 0.460 e. The monoisotopic (exact) mass is 341 g/mol. The maximum Gasteiger partial charge on any atom is 0.460 e. The predicted molar refractivity (Wildman–Crippen MR) is 58.8 cm³/mol. The minimum Gasteiger partial charge on any atom is -0.459 e. The van der Waals surface area contributed by atoms with Gasteiger partial charge in [0.15, 0.2) is 6.61 Å². The molecular weight excluding hydrogens is 327 g/mol. The van der Waals surface area contributed by atoms with Crippen LogP contribution in [-0.4, -0.2) is 68.3 Å². The number of carbonyl (C=O) groups excluding carboxylic acids is 1. The van der Waals surface area contributed by atoms with Crippen molar-refractivity contribution in [1.29, 1.82) is 0 Å². The molecule has 0 bridgehead atoms. The molecule has 0 unspecified atom stereocenters. The van der Waals surface area contributed by atoms with Crippen molar-refractivity contribution in [2.45, 2.75) is 24.4 Å². The quantitative estimate of drug-likeness (QED) is 0.548. The molecule has 0 atom stereocenters. The number of alkyl halides is 7. The van der Waals surface area contributed by atoms with Crippen molar-refractivity contribution in [1.82, 2.24) is 4.90 Å². The minimum absolute atomic E-state index is 0.115. The van der Waals surface area contributed by atoms with Gasteiger partial charge in [0.05, 0.1) is 19.6 Å². The molecule has 0 aromatic carbocycles. The van der Waals surface area contributed by atoms with E-state index in [2.05, 4.69) is 4.74 Å². The molecule has 11 heteroatoms. The molecule has 0 saturated carbocycles. The van der Waals surface area contributed by atoms with E-state index in [4.69, 9.17) is 4.74 Å². The number of morpholine rings is 1. The van der Waals surface area contributed by atoms with Gasteiger partial charge in [-0.15, -0.1) is 0 Å². The zero-order chi connectivity index (χ0) is 17.0. The lowest BCUT2D eigenvalue weighted by Gasteiger charge is -2.28. The van der Waals surface area contributed by atoms with Crippen molar-refractivity contribution in [2.24, 2.45) is 0 Å². The Morgan fingerprint density at radius 2 is 1.59 bits per heavy atom. The number of carbonyl (C=O) groups is 1. The molecule has 1 saturated heterocycles. The van der Waals surface area contributed by atoms with E-state index >= 15 is 0 Å². The van der Waals surface area contributed by atoms with Crippen LogP contribution < -0.4 is 0 Å². The van der Waals surface area contributed by atoms with Crippen molar-refractivity contribution >= 4 is 5.97 Å². The first-order valence-electron chi connectivity index (χ1n) is 6.25. The molecule has 0 aromatic rings. The molecule has 22 heavy (non-hydrogen) atoms. The average Bonchev–Trinajstić information content (AvgIpc) is 2.42. The molecule has 4 nitrogen and oxygen atoms in total. The van der Waals surface area contributed by atoms with Crippen molar-refractivity contribution in [3.8, 4) is 0 Å². The second-order valence-electron chi connectivity index (χ2n) is 4.64. The first-order valence-corrected chi connectivity index (χ1v) is 6.25. The highest BCUT2D eigenvalue weighted by Gasteiger charge is 2.73. The van der Waals surface area contributed by atoms with Gasteiger partial charge in [0, 0.05) is 19.6 Å². The van der Waals surface area contributed by atoms with Gasteiger partial charge >= 0.3 is 24.0 Å². The topological polar surface area (TPSA) is 38.8 Å². The minimum atomic E-state index is -6.43. The van der Waals surface area contributed by atoms with Gasteiger partial charge in [0.25, 0.3) is 0 Å². The van der Waals surface area contributed by atoms with E-state index in [-0.39, 0.29) is 6.54 Å². The van der Waals surface area contributed by atoms with Gasteiger partial charge in [-0.05, 0) is 0 Å². The Morgan fingerprint density at radius 1 is 1.05 bits per heavy atom. The van der Waals surface area contributed by atoms with Crippen LogP contribution in [0.5, 0.6) is 0 Å². The van der Waals surface area contributed by atoms with Crippen LogP contribution in [0.4, 0.5) is 30.7 Å². The number of halogens is 7. The maximum absolute atomic E-state index is 12.9. The van der Waals surface area contributed by atoms with Gasteiger partial charge in [-0.1, -0.05) is 0 Å². The van der Waals surface area contributed by atoms with E-state index in [1.807, 2.05) is 0 Å². The van der Waals surface area contributed by atoms with Gasteiger partial charge in [0.2, 0.25) is 0 Å². The molecule has 1 heterocycles. The van der Waals surface area contributed by atoms with Crippen molar-refractivity contribution in [3.05, 3.63) is 0 Å². The van der Waals surface area contributed by atoms with E-state index in [1.54, 1.807) is 4.90 Å². The molecule has 1 rings (SSSR count). The van der Waals surface area contributed by atoms with Crippen molar-refractivity contribution in [3.63, 3.8) is 0 Å². The summed E-state index contributed by atoms with van der Waals surface area (Å²) in [5.41, 5.74) is 0. The Kier molecular flexibility index (Phi) is 6.02. The first-order chi connectivity index (χ1) is 9.97. The number of hydrogen-bond acceptors (Lipinski definition) is 4. The van der Waals surface area contributed by atoms with Gasteiger partial charge < -0.3 is 9.47 Å². The molecule has 1 fully saturated rings. The van der Waals surface area contributed by atoms with Crippen LogP contribution in [0.25, 0.3) is 0 Å². The average molecular weight is 341 g/mol. The number of rotatable bonds is 6. The van der Waals surface area contributed by atoms with Gasteiger partial charge in [0.1, 0.15) is 0 Å². The summed E-state index contributed by atoms with van der Waals surface area (Å²) in [6.45, 7) is -0.383.